The molecule has 1 aromatic heterocycles. The molecule has 0 aliphatic heterocycles. The molecule has 27 heavy (non-hydrogen) atoms. The maximum atomic E-state index is 14.0. The Labute approximate surface area is 167 Å². The third kappa shape index (κ3) is 4.38. The number of nitrogens with zero attached hydrogens (tertiary/aromatic N) is 2. The molecular formula is C19H13BrFN3O2S. The molecule has 0 fully saturated rings. The van der Waals surface area contributed by atoms with Crippen LogP contribution in [0.3, 0.4) is 0 Å². The molecule has 1 N–H and O–H groups in total. The van der Waals surface area contributed by atoms with Crippen LogP contribution < -0.4 is 10.3 Å². The van der Waals surface area contributed by atoms with Crippen LogP contribution in [-0.2, 0) is 5.75 Å². The number of halogens is 2. The number of nitrogens with one attached hydrogen (secondary N) is 1. The van der Waals surface area contributed by atoms with Gasteiger partial charge in [0.25, 0.3) is 5.56 Å². The summed E-state index contributed by atoms with van der Waals surface area (Å²) in [5.74, 6) is 0.598. The number of rotatable bonds is 5. The second-order valence-electron chi connectivity index (χ2n) is 5.46. The Hall–Kier alpha value is -2.63. The van der Waals surface area contributed by atoms with Gasteiger partial charge in [0, 0.05) is 15.8 Å². The third-order valence-electron chi connectivity index (χ3n) is 3.75. The van der Waals surface area contributed by atoms with E-state index in [-0.39, 0.29) is 22.8 Å². The molecule has 0 bridgehead atoms. The summed E-state index contributed by atoms with van der Waals surface area (Å²) in [6.45, 7) is 0. The molecule has 0 saturated heterocycles. The molecule has 0 aliphatic rings. The summed E-state index contributed by atoms with van der Waals surface area (Å²) in [6.07, 6.45) is 0. The van der Waals surface area contributed by atoms with Gasteiger partial charge in [-0.25, -0.2) is 9.37 Å². The van der Waals surface area contributed by atoms with Gasteiger partial charge in [-0.3, -0.25) is 4.79 Å². The lowest BCUT2D eigenvalue weighted by Crippen LogP contribution is -2.14. The molecule has 0 radical (unpaired) electrons. The van der Waals surface area contributed by atoms with E-state index in [2.05, 4.69) is 25.9 Å². The van der Waals surface area contributed by atoms with E-state index in [1.807, 2.05) is 6.07 Å². The first kappa shape index (κ1) is 19.1. The zero-order chi connectivity index (χ0) is 19.4. The molecule has 3 aromatic rings. The fraction of sp³-hybridized carbons (Fsp3) is 0.105. The van der Waals surface area contributed by atoms with Crippen LogP contribution >= 0.6 is 27.7 Å². The third-order valence-corrected chi connectivity index (χ3v) is 5.17. The van der Waals surface area contributed by atoms with Gasteiger partial charge in [0.15, 0.2) is 5.16 Å². The summed E-state index contributed by atoms with van der Waals surface area (Å²) >= 11 is 4.40. The molecular weight excluding hydrogens is 433 g/mol. The van der Waals surface area contributed by atoms with E-state index in [1.54, 1.807) is 43.5 Å². The smallest absolute Gasteiger partial charge is 0.270 e. The monoisotopic (exact) mass is 445 g/mol. The van der Waals surface area contributed by atoms with Crippen molar-refractivity contribution in [1.82, 2.24) is 9.97 Å². The molecule has 136 valence electrons. The molecule has 2 aromatic carbocycles. The van der Waals surface area contributed by atoms with Crippen molar-refractivity contribution in [3.8, 4) is 23.1 Å². The van der Waals surface area contributed by atoms with Crippen molar-refractivity contribution in [2.24, 2.45) is 0 Å². The quantitative estimate of drug-likeness (QED) is 0.461. The van der Waals surface area contributed by atoms with Crippen molar-refractivity contribution >= 4 is 27.7 Å². The maximum absolute atomic E-state index is 14.0. The molecule has 1 heterocycles. The molecule has 0 aliphatic carbocycles. The Morgan fingerprint density at radius 1 is 1.30 bits per heavy atom. The molecule has 0 amide bonds. The van der Waals surface area contributed by atoms with E-state index in [9.17, 15) is 14.4 Å². The van der Waals surface area contributed by atoms with Gasteiger partial charge in [0.2, 0.25) is 0 Å². The topological polar surface area (TPSA) is 78.8 Å². The Balaban J connectivity index is 1.94. The number of hydrogen-bond acceptors (Lipinski definition) is 5. The second-order valence-corrected chi connectivity index (χ2v) is 7.34. The van der Waals surface area contributed by atoms with Crippen LogP contribution in [-0.4, -0.2) is 17.1 Å². The number of hydrogen-bond donors (Lipinski definition) is 1. The Morgan fingerprint density at radius 2 is 2.04 bits per heavy atom. The number of nitriles is 1. The van der Waals surface area contributed by atoms with Crippen LogP contribution in [0.15, 0.2) is 56.9 Å². The largest absolute Gasteiger partial charge is 0.497 e. The summed E-state index contributed by atoms with van der Waals surface area (Å²) in [7, 11) is 1.55. The van der Waals surface area contributed by atoms with Gasteiger partial charge in [-0.1, -0.05) is 33.8 Å². The number of aromatic nitrogens is 2. The van der Waals surface area contributed by atoms with Crippen LogP contribution in [0.25, 0.3) is 11.3 Å². The zero-order valence-corrected chi connectivity index (χ0v) is 16.5. The average molecular weight is 446 g/mol. The van der Waals surface area contributed by atoms with Crippen molar-refractivity contribution in [2.45, 2.75) is 10.9 Å². The second kappa shape index (κ2) is 8.37. The number of benzene rings is 2. The van der Waals surface area contributed by atoms with Gasteiger partial charge in [-0.2, -0.15) is 5.26 Å². The molecule has 0 saturated carbocycles. The molecule has 3 rings (SSSR count). The normalized spacial score (nSPS) is 10.4. The van der Waals surface area contributed by atoms with Gasteiger partial charge >= 0.3 is 0 Å². The minimum absolute atomic E-state index is 0.0701. The van der Waals surface area contributed by atoms with Crippen LogP contribution in [0, 0.1) is 17.1 Å². The number of H-pyrrole nitrogens is 1. The van der Waals surface area contributed by atoms with Gasteiger partial charge in [-0.15, -0.1) is 0 Å². The van der Waals surface area contributed by atoms with Crippen molar-refractivity contribution < 1.29 is 9.13 Å². The van der Waals surface area contributed by atoms with E-state index in [4.69, 9.17) is 4.74 Å². The predicted octanol–water partition coefficient (Wildman–Crippen LogP) is 4.51. The number of thioether (sulfide) groups is 1. The van der Waals surface area contributed by atoms with Gasteiger partial charge < -0.3 is 9.72 Å². The predicted molar refractivity (Wildman–Crippen MR) is 105 cm³/mol. The van der Waals surface area contributed by atoms with Gasteiger partial charge in [0.05, 0.1) is 12.8 Å². The van der Waals surface area contributed by atoms with Crippen molar-refractivity contribution in [1.29, 1.82) is 5.26 Å². The minimum Gasteiger partial charge on any atom is -0.497 e. The highest BCUT2D eigenvalue weighted by Gasteiger charge is 2.14. The Kier molecular flexibility index (Phi) is 5.94. The lowest BCUT2D eigenvalue weighted by Gasteiger charge is -2.08. The van der Waals surface area contributed by atoms with E-state index in [1.165, 1.54) is 17.8 Å². The van der Waals surface area contributed by atoms with Gasteiger partial charge in [0.1, 0.15) is 23.2 Å². The first-order chi connectivity index (χ1) is 13.0. The molecule has 0 spiro atoms. The lowest BCUT2D eigenvalue weighted by atomic mass is 10.1. The van der Waals surface area contributed by atoms with Crippen molar-refractivity contribution in [3.05, 3.63) is 74.2 Å². The molecule has 0 atom stereocenters. The summed E-state index contributed by atoms with van der Waals surface area (Å²) in [4.78, 5) is 19.3. The van der Waals surface area contributed by atoms with Crippen LogP contribution in [0.1, 0.15) is 11.1 Å². The molecule has 0 unspecified atom stereocenters. The standard InChI is InChI=1S/C19H13BrFN3O2S/c1-26-14-6-3-11(4-7-14)17-15(9-22)18(25)24-19(23-17)27-10-12-2-5-13(20)8-16(12)21/h2-8H,10H2,1H3,(H,23,24,25). The van der Waals surface area contributed by atoms with E-state index in [0.717, 1.165) is 0 Å². The number of methoxy groups -OCH3 is 1. The SMILES string of the molecule is COc1ccc(-c2nc(SCc3ccc(Br)cc3F)[nH]c(=O)c2C#N)cc1. The zero-order valence-electron chi connectivity index (χ0n) is 14.1. The maximum Gasteiger partial charge on any atom is 0.270 e. The lowest BCUT2D eigenvalue weighted by molar-refractivity contribution is 0.415. The molecule has 8 heteroatoms. The summed E-state index contributed by atoms with van der Waals surface area (Å²) in [5.41, 5.74) is 0.787. The highest BCUT2D eigenvalue weighted by molar-refractivity contribution is 9.10. The highest BCUT2D eigenvalue weighted by Crippen LogP contribution is 2.26. The van der Waals surface area contributed by atoms with E-state index < -0.39 is 5.56 Å². The highest BCUT2D eigenvalue weighted by atomic mass is 79.9. The fourth-order valence-electron chi connectivity index (χ4n) is 2.37. The fourth-order valence-corrected chi connectivity index (χ4v) is 3.55. The number of aromatic amines is 1. The molecule has 5 nitrogen and oxygen atoms in total. The first-order valence-electron chi connectivity index (χ1n) is 7.77. The van der Waals surface area contributed by atoms with Gasteiger partial charge in [-0.05, 0) is 42.0 Å². The Bertz CT molecular complexity index is 1080. The van der Waals surface area contributed by atoms with Crippen molar-refractivity contribution in [3.63, 3.8) is 0 Å². The van der Waals surface area contributed by atoms with Crippen LogP contribution in [0.4, 0.5) is 4.39 Å². The van der Waals surface area contributed by atoms with E-state index in [0.29, 0.717) is 26.5 Å². The minimum atomic E-state index is -0.530. The summed E-state index contributed by atoms with van der Waals surface area (Å²) < 4.78 is 19.7. The van der Waals surface area contributed by atoms with E-state index >= 15 is 0 Å². The van der Waals surface area contributed by atoms with Crippen LogP contribution in [0.5, 0.6) is 5.75 Å². The summed E-state index contributed by atoms with van der Waals surface area (Å²) in [5, 5.41) is 9.64. The number of ether oxygens (including phenoxy) is 1. The summed E-state index contributed by atoms with van der Waals surface area (Å²) in [6, 6.07) is 13.6. The van der Waals surface area contributed by atoms with Crippen molar-refractivity contribution in [2.75, 3.05) is 7.11 Å². The van der Waals surface area contributed by atoms with Crippen LogP contribution in [0.2, 0.25) is 0 Å². The average Bonchev–Trinajstić information content (AvgIpc) is 2.67. The first-order valence-corrected chi connectivity index (χ1v) is 9.55. The Morgan fingerprint density at radius 3 is 2.67 bits per heavy atom.